The average Bonchev–Trinajstić information content (AvgIpc) is 2.86. The van der Waals surface area contributed by atoms with Gasteiger partial charge in [-0.1, -0.05) is 6.07 Å². The number of amides is 1. The number of hydrogen-bond donors (Lipinski definition) is 4. The Hall–Kier alpha value is -3.67. The molecule has 3 unspecified atom stereocenters. The Bertz CT molecular complexity index is 1370. The number of pyridine rings is 1. The van der Waals surface area contributed by atoms with Gasteiger partial charge in [0.2, 0.25) is 5.91 Å². The quantitative estimate of drug-likeness (QED) is 0.390. The Kier molecular flexibility index (Phi) is 6.13. The Labute approximate surface area is 218 Å². The highest BCUT2D eigenvalue weighted by Gasteiger charge is 2.69. The molecule has 38 heavy (non-hydrogen) atoms. The number of primary amides is 1. The Morgan fingerprint density at radius 2 is 1.87 bits per heavy atom. The number of carbonyl (C=O) groups is 4. The summed E-state index contributed by atoms with van der Waals surface area (Å²) in [4.78, 5) is 59.0. The summed E-state index contributed by atoms with van der Waals surface area (Å²) in [7, 11) is 4.70. The predicted octanol–water partition coefficient (Wildman–Crippen LogP) is -0.271. The molecule has 1 aromatic carbocycles. The van der Waals surface area contributed by atoms with E-state index in [0.29, 0.717) is 22.4 Å². The van der Waals surface area contributed by atoms with Crippen LogP contribution in [0.2, 0.25) is 0 Å². The smallest absolute Gasteiger partial charge is 0.230 e. The predicted molar refractivity (Wildman–Crippen MR) is 132 cm³/mol. The van der Waals surface area contributed by atoms with Crippen LogP contribution >= 0.6 is 0 Å². The molecule has 2 fully saturated rings. The highest BCUT2D eigenvalue weighted by Crippen LogP contribution is 2.52. The van der Waals surface area contributed by atoms with Crippen molar-refractivity contribution in [3.05, 3.63) is 41.7 Å². The van der Waals surface area contributed by atoms with Crippen molar-refractivity contribution in [2.45, 2.75) is 30.6 Å². The average molecular weight is 524 g/mol. The van der Waals surface area contributed by atoms with E-state index in [1.807, 2.05) is 0 Å². The molecule has 0 bridgehead atoms. The SMILES string of the molecule is COc1ccncc1-c1ccc(O)c2c1C[C@@H]1C[C@@H]3[C@@H](N(C)C)C(O)C(C(N)=O)C(=O)[C@]3(O)C(=O)C1C2=O. The maximum absolute atomic E-state index is 13.9. The van der Waals surface area contributed by atoms with Gasteiger partial charge in [-0.25, -0.2) is 0 Å². The molecule has 5 rings (SSSR count). The van der Waals surface area contributed by atoms with E-state index < -0.39 is 64.7 Å². The zero-order chi connectivity index (χ0) is 27.7. The second kappa shape index (κ2) is 8.97. The lowest BCUT2D eigenvalue weighted by Gasteiger charge is -2.54. The molecule has 11 nitrogen and oxygen atoms in total. The Morgan fingerprint density at radius 3 is 2.50 bits per heavy atom. The van der Waals surface area contributed by atoms with Gasteiger partial charge in [0.05, 0.1) is 24.7 Å². The van der Waals surface area contributed by atoms with Crippen LogP contribution in [0, 0.1) is 23.7 Å². The summed E-state index contributed by atoms with van der Waals surface area (Å²) in [5.41, 5.74) is 4.33. The van der Waals surface area contributed by atoms with Crippen LogP contribution in [-0.4, -0.2) is 87.4 Å². The molecule has 0 spiro atoms. The van der Waals surface area contributed by atoms with E-state index in [1.54, 1.807) is 43.5 Å². The first-order valence-corrected chi connectivity index (χ1v) is 12.3. The number of aliphatic hydroxyl groups excluding tert-OH is 1. The van der Waals surface area contributed by atoms with Gasteiger partial charge in [0, 0.05) is 29.9 Å². The first kappa shape index (κ1) is 26.0. The Balaban J connectivity index is 1.67. The van der Waals surface area contributed by atoms with Crippen molar-refractivity contribution >= 4 is 23.3 Å². The number of nitrogens with two attached hydrogens (primary N) is 1. The van der Waals surface area contributed by atoms with Gasteiger partial charge >= 0.3 is 0 Å². The second-order valence-corrected chi connectivity index (χ2v) is 10.5. The molecule has 7 atom stereocenters. The van der Waals surface area contributed by atoms with E-state index in [4.69, 9.17) is 10.5 Å². The fourth-order valence-electron chi connectivity index (χ4n) is 6.84. The van der Waals surface area contributed by atoms with Crippen LogP contribution in [0.1, 0.15) is 22.3 Å². The van der Waals surface area contributed by atoms with Crippen LogP contribution in [-0.2, 0) is 20.8 Å². The molecule has 1 heterocycles. The topological polar surface area (TPSA) is 180 Å². The minimum Gasteiger partial charge on any atom is -0.507 e. The lowest BCUT2D eigenvalue weighted by atomic mass is 9.52. The molecule has 3 aliphatic rings. The van der Waals surface area contributed by atoms with Gasteiger partial charge in [0.1, 0.15) is 17.4 Å². The third-order valence-electron chi connectivity index (χ3n) is 8.46. The summed E-state index contributed by atoms with van der Waals surface area (Å²) in [6.07, 6.45) is 1.80. The van der Waals surface area contributed by atoms with Crippen LogP contribution < -0.4 is 10.5 Å². The summed E-state index contributed by atoms with van der Waals surface area (Å²) in [5, 5.41) is 33.3. The maximum Gasteiger partial charge on any atom is 0.230 e. The van der Waals surface area contributed by atoms with Gasteiger partial charge in [-0.2, -0.15) is 0 Å². The molecule has 11 heteroatoms. The molecule has 2 saturated carbocycles. The number of rotatable bonds is 4. The van der Waals surface area contributed by atoms with Gasteiger partial charge in [-0.05, 0) is 56.1 Å². The zero-order valence-electron chi connectivity index (χ0n) is 21.1. The molecular formula is C27H29N3O8. The van der Waals surface area contributed by atoms with Crippen molar-refractivity contribution in [1.82, 2.24) is 9.88 Å². The molecule has 0 saturated heterocycles. The summed E-state index contributed by atoms with van der Waals surface area (Å²) in [5.74, 6) is -8.89. The molecule has 200 valence electrons. The number of methoxy groups -OCH3 is 1. The van der Waals surface area contributed by atoms with Gasteiger partial charge in [-0.3, -0.25) is 24.2 Å². The standard InChI is InChI=1S/C27H29N3O8/c1-30(2)21-15-9-11-8-13-12(14-10-29-7-6-17(14)38-3)4-5-16(31)19(13)22(32)18(11)24(34)27(15,37)25(35)20(23(21)33)26(28)36/h4-7,10-11,15,18,20-21,23,31,33,37H,8-9H2,1-3H3,(H2,28,36)/t11-,15-,18?,20?,21-,23?,27-/m1/s1. The van der Waals surface area contributed by atoms with Crippen LogP contribution in [0.25, 0.3) is 11.1 Å². The molecular weight excluding hydrogens is 494 g/mol. The molecule has 1 amide bonds. The molecule has 2 aromatic rings. The first-order chi connectivity index (χ1) is 17.9. The number of benzene rings is 1. The number of phenols is 1. The van der Waals surface area contributed by atoms with Crippen molar-refractivity contribution in [3.8, 4) is 22.6 Å². The number of aliphatic hydroxyl groups is 2. The lowest BCUT2D eigenvalue weighted by molar-refractivity contribution is -0.190. The number of likely N-dealkylation sites (N-methyl/N-ethyl adjacent to an activating group) is 1. The number of ketones is 3. The molecule has 0 radical (unpaired) electrons. The van der Waals surface area contributed by atoms with E-state index in [0.717, 1.165) is 0 Å². The number of carbonyl (C=O) groups excluding carboxylic acids is 4. The fourth-order valence-corrected chi connectivity index (χ4v) is 6.84. The normalized spacial score (nSPS) is 32.4. The van der Waals surface area contributed by atoms with E-state index in [9.17, 15) is 34.5 Å². The highest BCUT2D eigenvalue weighted by atomic mass is 16.5. The highest BCUT2D eigenvalue weighted by molar-refractivity contribution is 6.25. The van der Waals surface area contributed by atoms with E-state index in [2.05, 4.69) is 4.98 Å². The third-order valence-corrected chi connectivity index (χ3v) is 8.46. The number of nitrogens with zero attached hydrogens (tertiary/aromatic N) is 2. The van der Waals surface area contributed by atoms with Crippen molar-refractivity contribution in [2.75, 3.05) is 21.2 Å². The second-order valence-electron chi connectivity index (χ2n) is 10.5. The van der Waals surface area contributed by atoms with Gasteiger partial charge in [0.25, 0.3) is 0 Å². The summed E-state index contributed by atoms with van der Waals surface area (Å²) in [6.45, 7) is 0. The zero-order valence-corrected chi connectivity index (χ0v) is 21.1. The third kappa shape index (κ3) is 3.42. The van der Waals surface area contributed by atoms with E-state index in [-0.39, 0.29) is 24.2 Å². The van der Waals surface area contributed by atoms with Crippen LogP contribution in [0.5, 0.6) is 11.5 Å². The van der Waals surface area contributed by atoms with Crippen molar-refractivity contribution in [1.29, 1.82) is 0 Å². The van der Waals surface area contributed by atoms with Crippen molar-refractivity contribution < 1.29 is 39.2 Å². The molecule has 3 aliphatic carbocycles. The van der Waals surface area contributed by atoms with Crippen LogP contribution in [0.15, 0.2) is 30.6 Å². The number of aromatic nitrogens is 1. The summed E-state index contributed by atoms with van der Waals surface area (Å²) in [6, 6.07) is 3.70. The number of ether oxygens (including phenoxy) is 1. The molecule has 1 aromatic heterocycles. The largest absolute Gasteiger partial charge is 0.507 e. The van der Waals surface area contributed by atoms with Crippen LogP contribution in [0.3, 0.4) is 0 Å². The summed E-state index contributed by atoms with van der Waals surface area (Å²) >= 11 is 0. The lowest BCUT2D eigenvalue weighted by Crippen LogP contribution is -2.75. The Morgan fingerprint density at radius 1 is 1.16 bits per heavy atom. The number of fused-ring (bicyclic) bond motifs is 3. The summed E-state index contributed by atoms with van der Waals surface area (Å²) < 4.78 is 5.47. The number of hydrogen-bond acceptors (Lipinski definition) is 10. The first-order valence-electron chi connectivity index (χ1n) is 12.3. The molecule has 5 N–H and O–H groups in total. The monoisotopic (exact) mass is 523 g/mol. The van der Waals surface area contributed by atoms with Crippen LogP contribution in [0.4, 0.5) is 0 Å². The van der Waals surface area contributed by atoms with Crippen molar-refractivity contribution in [3.63, 3.8) is 0 Å². The van der Waals surface area contributed by atoms with Crippen molar-refractivity contribution in [2.24, 2.45) is 29.4 Å². The minimum atomic E-state index is -2.69. The number of phenolic OH excluding ortho intramolecular Hbond substituents is 1. The molecule has 0 aliphatic heterocycles. The van der Waals surface area contributed by atoms with Gasteiger partial charge in [-0.15, -0.1) is 0 Å². The maximum atomic E-state index is 13.9. The minimum absolute atomic E-state index is 0.0362. The van der Waals surface area contributed by atoms with Gasteiger partial charge in [0.15, 0.2) is 23.0 Å². The van der Waals surface area contributed by atoms with E-state index in [1.165, 1.54) is 13.2 Å². The number of aromatic hydroxyl groups is 1. The van der Waals surface area contributed by atoms with E-state index >= 15 is 0 Å². The fraction of sp³-hybridized carbons (Fsp3) is 0.444. The number of Topliss-reactive ketones (excluding diaryl/α,β-unsaturated/α-hetero) is 3. The van der Waals surface area contributed by atoms with Gasteiger partial charge < -0.3 is 30.7 Å².